The quantitative estimate of drug-likeness (QED) is 0.202. The lowest BCUT2D eigenvalue weighted by molar-refractivity contribution is 0.383. The van der Waals surface area contributed by atoms with Crippen LogP contribution in [0.25, 0.3) is 0 Å². The maximum Gasteiger partial charge on any atom is 0.240 e. The van der Waals surface area contributed by atoms with Gasteiger partial charge in [-0.25, -0.2) is 23.1 Å². The number of guanidine groups is 1. The van der Waals surface area contributed by atoms with E-state index in [0.717, 1.165) is 11.3 Å². The van der Waals surface area contributed by atoms with E-state index in [2.05, 4.69) is 46.1 Å². The second kappa shape index (κ2) is 11.7. The summed E-state index contributed by atoms with van der Waals surface area (Å²) in [6.45, 7) is 11.6. The molecule has 0 unspecified atom stereocenters. The molecule has 1 aromatic heterocycles. The number of aryl methyl sites for hydroxylation is 1. The summed E-state index contributed by atoms with van der Waals surface area (Å²) >= 11 is 0. The van der Waals surface area contributed by atoms with Gasteiger partial charge >= 0.3 is 0 Å². The number of hydrogen-bond donors (Lipinski definition) is 3. The van der Waals surface area contributed by atoms with Crippen LogP contribution in [0, 0.1) is 6.92 Å². The van der Waals surface area contributed by atoms with Crippen LogP contribution >= 0.6 is 24.0 Å². The normalized spacial score (nSPS) is 12.4. The molecule has 1 aromatic carbocycles. The first kappa shape index (κ1) is 26.4. The van der Waals surface area contributed by atoms with Crippen LogP contribution in [0.1, 0.15) is 44.9 Å². The van der Waals surface area contributed by atoms with Crippen LogP contribution < -0.4 is 15.4 Å². The lowest BCUT2D eigenvalue weighted by Crippen LogP contribution is -2.41. The maximum atomic E-state index is 12.3. The van der Waals surface area contributed by atoms with Crippen LogP contribution in [0.3, 0.4) is 0 Å². The molecule has 0 amide bonds. The minimum absolute atomic E-state index is 0. The molecule has 168 valence electrons. The lowest BCUT2D eigenvalue weighted by atomic mass is 9.94. The molecule has 0 aliphatic heterocycles. The Morgan fingerprint density at radius 3 is 2.37 bits per heavy atom. The molecule has 30 heavy (non-hydrogen) atoms. The Kier molecular flexibility index (Phi) is 10.2. The third-order valence-electron chi connectivity index (χ3n) is 4.05. The molecule has 0 radical (unpaired) electrons. The van der Waals surface area contributed by atoms with Crippen LogP contribution in [0.4, 0.5) is 0 Å². The largest absolute Gasteiger partial charge is 0.443 e. The number of benzene rings is 1. The van der Waals surface area contributed by atoms with Crippen LogP contribution in [-0.2, 0) is 22.0 Å². The Bertz CT molecular complexity index is 919. The first-order valence-electron chi connectivity index (χ1n) is 9.65. The predicted octanol–water partition coefficient (Wildman–Crippen LogP) is 2.93. The van der Waals surface area contributed by atoms with Crippen LogP contribution in [0.2, 0.25) is 0 Å². The zero-order chi connectivity index (χ0) is 21.5. The summed E-state index contributed by atoms with van der Waals surface area (Å²) in [6.07, 6.45) is 1.73. The molecule has 2 rings (SSSR count). The number of hydrogen-bond acceptors (Lipinski definition) is 5. The zero-order valence-corrected chi connectivity index (χ0v) is 21.3. The van der Waals surface area contributed by atoms with E-state index in [1.165, 1.54) is 0 Å². The van der Waals surface area contributed by atoms with E-state index in [0.29, 0.717) is 31.5 Å². The number of rotatable bonds is 8. The van der Waals surface area contributed by atoms with Crippen molar-refractivity contribution in [2.24, 2.45) is 4.99 Å². The van der Waals surface area contributed by atoms with E-state index < -0.39 is 10.0 Å². The highest BCUT2D eigenvalue weighted by molar-refractivity contribution is 14.0. The average molecular weight is 549 g/mol. The van der Waals surface area contributed by atoms with E-state index in [1.54, 1.807) is 30.5 Å². The fourth-order valence-electron chi connectivity index (χ4n) is 2.39. The van der Waals surface area contributed by atoms with E-state index in [-0.39, 0.29) is 40.8 Å². The topological polar surface area (TPSA) is 109 Å². The zero-order valence-electron chi connectivity index (χ0n) is 18.2. The van der Waals surface area contributed by atoms with Gasteiger partial charge in [-0.3, -0.25) is 0 Å². The second-order valence-corrected chi connectivity index (χ2v) is 9.47. The number of nitrogens with zero attached hydrogens (tertiary/aromatic N) is 2. The molecule has 10 heteroatoms. The molecule has 0 bridgehead atoms. The van der Waals surface area contributed by atoms with Crippen molar-refractivity contribution in [3.63, 3.8) is 0 Å². The Hall–Kier alpha value is -1.66. The minimum atomic E-state index is -3.53. The van der Waals surface area contributed by atoms with Crippen molar-refractivity contribution in [2.45, 2.75) is 51.5 Å². The van der Waals surface area contributed by atoms with Crippen molar-refractivity contribution < 1.29 is 12.8 Å². The summed E-state index contributed by atoms with van der Waals surface area (Å²) < 4.78 is 32.9. The van der Waals surface area contributed by atoms with Crippen LogP contribution in [0.5, 0.6) is 0 Å². The average Bonchev–Trinajstić information content (AvgIpc) is 3.13. The highest BCUT2D eigenvalue weighted by Crippen LogP contribution is 2.22. The van der Waals surface area contributed by atoms with Gasteiger partial charge in [-0.05, 0) is 26.0 Å². The van der Waals surface area contributed by atoms with Crippen molar-refractivity contribution in [3.8, 4) is 0 Å². The predicted molar refractivity (Wildman–Crippen MR) is 130 cm³/mol. The molecule has 0 spiro atoms. The van der Waals surface area contributed by atoms with Gasteiger partial charge in [0, 0.05) is 25.0 Å². The number of aliphatic imine (C=N–C) groups is 1. The Morgan fingerprint density at radius 1 is 1.13 bits per heavy atom. The number of halogens is 1. The Morgan fingerprint density at radius 2 is 1.80 bits per heavy atom. The molecule has 0 saturated heterocycles. The smallest absolute Gasteiger partial charge is 0.240 e. The molecule has 3 N–H and O–H groups in total. The molecule has 0 aliphatic carbocycles. The lowest BCUT2D eigenvalue weighted by Gasteiger charge is -2.13. The van der Waals surface area contributed by atoms with E-state index in [1.807, 2.05) is 13.8 Å². The summed E-state index contributed by atoms with van der Waals surface area (Å²) in [4.78, 5) is 8.96. The molecule has 1 heterocycles. The van der Waals surface area contributed by atoms with Crippen molar-refractivity contribution >= 4 is 40.0 Å². The van der Waals surface area contributed by atoms with Crippen LogP contribution in [0.15, 0.2) is 44.8 Å². The molecule has 8 nitrogen and oxygen atoms in total. The summed E-state index contributed by atoms with van der Waals surface area (Å²) in [5, 5.41) is 6.22. The van der Waals surface area contributed by atoms with Crippen LogP contribution in [-0.4, -0.2) is 39.0 Å². The van der Waals surface area contributed by atoms with Gasteiger partial charge in [0.1, 0.15) is 12.3 Å². The fourth-order valence-corrected chi connectivity index (χ4v) is 3.42. The molecular weight excluding hydrogens is 517 g/mol. The van der Waals surface area contributed by atoms with Crippen molar-refractivity contribution in [2.75, 3.05) is 19.6 Å². The van der Waals surface area contributed by atoms with E-state index in [4.69, 9.17) is 4.42 Å². The minimum Gasteiger partial charge on any atom is -0.443 e. The molecule has 0 saturated carbocycles. The first-order valence-corrected chi connectivity index (χ1v) is 11.1. The molecule has 0 fully saturated rings. The Balaban J connectivity index is 0.00000450. The highest BCUT2D eigenvalue weighted by atomic mass is 127. The number of nitrogens with one attached hydrogen (secondary N) is 3. The number of aromatic nitrogens is 1. The SMILES string of the molecule is CCNC(=NCc1ncc(C(C)(C)C)o1)NCCNS(=O)(=O)c1ccc(C)cc1.I. The molecule has 0 atom stereocenters. The number of sulfonamides is 1. The fraction of sp³-hybridized carbons (Fsp3) is 0.500. The van der Waals surface area contributed by atoms with Gasteiger partial charge in [0.25, 0.3) is 0 Å². The molecule has 0 aliphatic rings. The van der Waals surface area contributed by atoms with Gasteiger partial charge in [0.2, 0.25) is 15.9 Å². The second-order valence-electron chi connectivity index (χ2n) is 7.70. The van der Waals surface area contributed by atoms with Crippen molar-refractivity contribution in [1.29, 1.82) is 0 Å². The summed E-state index contributed by atoms with van der Waals surface area (Å²) in [5.74, 6) is 1.91. The Labute approximate surface area is 196 Å². The van der Waals surface area contributed by atoms with Gasteiger partial charge in [0.05, 0.1) is 11.1 Å². The van der Waals surface area contributed by atoms with Crippen molar-refractivity contribution in [1.82, 2.24) is 20.3 Å². The summed E-state index contributed by atoms with van der Waals surface area (Å²) in [7, 11) is -3.53. The third kappa shape index (κ3) is 8.23. The van der Waals surface area contributed by atoms with Gasteiger partial charge in [0.15, 0.2) is 5.96 Å². The van der Waals surface area contributed by atoms with Gasteiger partial charge in [-0.1, -0.05) is 38.5 Å². The summed E-state index contributed by atoms with van der Waals surface area (Å²) in [6, 6.07) is 6.74. The summed E-state index contributed by atoms with van der Waals surface area (Å²) in [5.41, 5.74) is 0.907. The van der Waals surface area contributed by atoms with E-state index in [9.17, 15) is 8.42 Å². The van der Waals surface area contributed by atoms with E-state index >= 15 is 0 Å². The monoisotopic (exact) mass is 549 g/mol. The molecular formula is C20H32IN5O3S. The third-order valence-corrected chi connectivity index (χ3v) is 5.53. The maximum absolute atomic E-state index is 12.3. The van der Waals surface area contributed by atoms with Gasteiger partial charge < -0.3 is 15.1 Å². The van der Waals surface area contributed by atoms with Gasteiger partial charge in [-0.2, -0.15) is 0 Å². The first-order chi connectivity index (χ1) is 13.6. The molecule has 2 aromatic rings. The van der Waals surface area contributed by atoms with Gasteiger partial charge in [-0.15, -0.1) is 24.0 Å². The highest BCUT2D eigenvalue weighted by Gasteiger charge is 2.19. The van der Waals surface area contributed by atoms with Crippen molar-refractivity contribution in [3.05, 3.63) is 47.7 Å². The standard InChI is InChI=1S/C20H31N5O3S.HI/c1-6-21-19(24-14-18-23-13-17(28-18)20(3,4)5)22-11-12-25-29(26,27)16-9-7-15(2)8-10-16;/h7-10,13,25H,6,11-12,14H2,1-5H3,(H2,21,22,24);1H. The number of oxazole rings is 1.